The fraction of sp³-hybridized carbons (Fsp3) is 0.680. The van der Waals surface area contributed by atoms with E-state index in [4.69, 9.17) is 0 Å². The quantitative estimate of drug-likeness (QED) is 0.357. The Kier molecular flexibility index (Phi) is 10.9. The van der Waals surface area contributed by atoms with Crippen molar-refractivity contribution in [3.63, 3.8) is 0 Å². The Hall–Kier alpha value is -1.88. The SMILES string of the molecule is COC(=O)CCCCCCN1C(=O)CCC1CC[C@@H](O)[C@@H](C)CCc1ccccc1. The number of likely N-dealkylation sites (tertiary alicyclic amines) is 1. The minimum absolute atomic E-state index is 0.152. The number of methoxy groups -OCH3 is 1. The molecule has 1 fully saturated rings. The third-order valence-corrected chi connectivity index (χ3v) is 6.39. The summed E-state index contributed by atoms with van der Waals surface area (Å²) in [6, 6.07) is 10.7. The molecule has 30 heavy (non-hydrogen) atoms. The van der Waals surface area contributed by atoms with E-state index >= 15 is 0 Å². The van der Waals surface area contributed by atoms with E-state index in [2.05, 4.69) is 35.9 Å². The number of esters is 1. The first-order valence-electron chi connectivity index (χ1n) is 11.6. The third-order valence-electron chi connectivity index (χ3n) is 6.39. The molecule has 1 heterocycles. The predicted molar refractivity (Wildman–Crippen MR) is 119 cm³/mol. The molecule has 2 rings (SSSR count). The highest BCUT2D eigenvalue weighted by Gasteiger charge is 2.30. The first-order valence-corrected chi connectivity index (χ1v) is 11.6. The van der Waals surface area contributed by atoms with Gasteiger partial charge in [-0.05, 0) is 56.4 Å². The number of hydrogen-bond acceptors (Lipinski definition) is 4. The summed E-state index contributed by atoms with van der Waals surface area (Å²) in [6.07, 6.45) is 9.12. The fourth-order valence-electron chi connectivity index (χ4n) is 4.29. The summed E-state index contributed by atoms with van der Waals surface area (Å²) in [4.78, 5) is 25.4. The summed E-state index contributed by atoms with van der Waals surface area (Å²) in [5.74, 6) is 0.355. The van der Waals surface area contributed by atoms with Crippen molar-refractivity contribution in [2.24, 2.45) is 5.92 Å². The Balaban J connectivity index is 1.65. The summed E-state index contributed by atoms with van der Waals surface area (Å²) in [6.45, 7) is 2.92. The minimum Gasteiger partial charge on any atom is -0.469 e. The van der Waals surface area contributed by atoms with Crippen LogP contribution in [0.1, 0.15) is 76.7 Å². The molecule has 5 heteroatoms. The highest BCUT2D eigenvalue weighted by Crippen LogP contribution is 2.26. The van der Waals surface area contributed by atoms with Gasteiger partial charge in [0.05, 0.1) is 13.2 Å². The zero-order valence-corrected chi connectivity index (χ0v) is 18.7. The molecule has 1 unspecified atom stereocenters. The second kappa shape index (κ2) is 13.4. The van der Waals surface area contributed by atoms with Gasteiger partial charge >= 0.3 is 5.97 Å². The number of benzene rings is 1. The second-order valence-electron chi connectivity index (χ2n) is 8.67. The van der Waals surface area contributed by atoms with Gasteiger partial charge in [0, 0.05) is 25.4 Å². The molecule has 0 saturated carbocycles. The van der Waals surface area contributed by atoms with Gasteiger partial charge < -0.3 is 14.7 Å². The van der Waals surface area contributed by atoms with Crippen molar-refractivity contribution in [3.05, 3.63) is 35.9 Å². The summed E-state index contributed by atoms with van der Waals surface area (Å²) in [7, 11) is 1.42. The third kappa shape index (κ3) is 8.47. The number of aliphatic hydroxyl groups is 1. The molecular formula is C25H39NO4. The van der Waals surface area contributed by atoms with E-state index in [0.29, 0.717) is 12.8 Å². The van der Waals surface area contributed by atoms with Crippen LogP contribution < -0.4 is 0 Å². The Bertz CT molecular complexity index is 633. The van der Waals surface area contributed by atoms with Crippen molar-refractivity contribution in [1.82, 2.24) is 4.90 Å². The lowest BCUT2D eigenvalue weighted by molar-refractivity contribution is -0.140. The van der Waals surface area contributed by atoms with E-state index in [1.54, 1.807) is 0 Å². The first kappa shape index (κ1) is 24.4. The van der Waals surface area contributed by atoms with Crippen molar-refractivity contribution in [2.45, 2.75) is 89.7 Å². The summed E-state index contributed by atoms with van der Waals surface area (Å²) < 4.78 is 4.65. The molecule has 5 nitrogen and oxygen atoms in total. The van der Waals surface area contributed by atoms with Gasteiger partial charge in [0.25, 0.3) is 0 Å². The lowest BCUT2D eigenvalue weighted by Crippen LogP contribution is -2.35. The number of carbonyl (C=O) groups is 2. The molecule has 168 valence electrons. The topological polar surface area (TPSA) is 66.8 Å². The number of rotatable bonds is 14. The van der Waals surface area contributed by atoms with Crippen molar-refractivity contribution < 1.29 is 19.4 Å². The minimum atomic E-state index is -0.315. The maximum Gasteiger partial charge on any atom is 0.305 e. The van der Waals surface area contributed by atoms with Crippen LogP contribution >= 0.6 is 0 Å². The van der Waals surface area contributed by atoms with E-state index < -0.39 is 0 Å². The van der Waals surface area contributed by atoms with Crippen LogP contribution in [0.25, 0.3) is 0 Å². The van der Waals surface area contributed by atoms with Gasteiger partial charge in [-0.15, -0.1) is 0 Å². The average molecular weight is 418 g/mol. The molecule has 1 amide bonds. The van der Waals surface area contributed by atoms with Crippen molar-refractivity contribution in [1.29, 1.82) is 0 Å². The molecule has 1 aliphatic heterocycles. The zero-order chi connectivity index (χ0) is 21.8. The molecular weight excluding hydrogens is 378 g/mol. The van der Waals surface area contributed by atoms with E-state index in [1.165, 1.54) is 12.7 Å². The summed E-state index contributed by atoms with van der Waals surface area (Å²) >= 11 is 0. The van der Waals surface area contributed by atoms with Gasteiger partial charge in [-0.25, -0.2) is 0 Å². The molecule has 0 spiro atoms. The van der Waals surface area contributed by atoms with E-state index in [0.717, 1.165) is 64.3 Å². The maximum absolute atomic E-state index is 12.3. The summed E-state index contributed by atoms with van der Waals surface area (Å²) in [5, 5.41) is 10.6. The number of amides is 1. The summed E-state index contributed by atoms with van der Waals surface area (Å²) in [5.41, 5.74) is 1.32. The lowest BCUT2D eigenvalue weighted by atomic mass is 9.92. The Morgan fingerprint density at radius 3 is 2.63 bits per heavy atom. The average Bonchev–Trinajstić information content (AvgIpc) is 3.12. The molecule has 3 atom stereocenters. The zero-order valence-electron chi connectivity index (χ0n) is 18.7. The van der Waals surface area contributed by atoms with E-state index in [1.807, 2.05) is 11.0 Å². The fourth-order valence-corrected chi connectivity index (χ4v) is 4.29. The van der Waals surface area contributed by atoms with Crippen LogP contribution in [-0.2, 0) is 20.7 Å². The first-order chi connectivity index (χ1) is 14.5. The largest absolute Gasteiger partial charge is 0.469 e. The van der Waals surface area contributed by atoms with Crippen LogP contribution in [0.4, 0.5) is 0 Å². The molecule has 1 aliphatic rings. The molecule has 1 aromatic rings. The predicted octanol–water partition coefficient (Wildman–Crippen LogP) is 4.51. The van der Waals surface area contributed by atoms with Crippen molar-refractivity contribution >= 4 is 11.9 Å². The van der Waals surface area contributed by atoms with Gasteiger partial charge in [-0.2, -0.15) is 0 Å². The van der Waals surface area contributed by atoms with E-state index in [-0.39, 0.29) is 29.9 Å². The molecule has 1 N–H and O–H groups in total. The van der Waals surface area contributed by atoms with Crippen molar-refractivity contribution in [3.8, 4) is 0 Å². The Morgan fingerprint density at radius 2 is 1.90 bits per heavy atom. The highest BCUT2D eigenvalue weighted by atomic mass is 16.5. The standard InChI is InChI=1S/C25H39NO4/c1-20(13-14-21-10-6-5-7-11-21)23(27)17-15-22-16-18-24(28)26(22)19-9-4-3-8-12-25(29)30-2/h5-7,10-11,20,22-23,27H,3-4,8-9,12-19H2,1-2H3/t20-,22?,23+/m0/s1. The maximum atomic E-state index is 12.3. The van der Waals surface area contributed by atoms with Crippen molar-refractivity contribution in [2.75, 3.05) is 13.7 Å². The van der Waals surface area contributed by atoms with Crippen LogP contribution in [0.15, 0.2) is 30.3 Å². The van der Waals surface area contributed by atoms with Gasteiger partial charge in [0.15, 0.2) is 0 Å². The number of unbranched alkanes of at least 4 members (excludes halogenated alkanes) is 3. The second-order valence-corrected chi connectivity index (χ2v) is 8.67. The van der Waals surface area contributed by atoms with Gasteiger partial charge in [-0.1, -0.05) is 50.1 Å². The number of carbonyl (C=O) groups excluding carboxylic acids is 2. The highest BCUT2D eigenvalue weighted by molar-refractivity contribution is 5.78. The molecule has 0 bridgehead atoms. The molecule has 0 aliphatic carbocycles. The van der Waals surface area contributed by atoms with Gasteiger partial charge in [-0.3, -0.25) is 9.59 Å². The van der Waals surface area contributed by atoms with E-state index in [9.17, 15) is 14.7 Å². The van der Waals surface area contributed by atoms with Gasteiger partial charge in [0.2, 0.25) is 5.91 Å². The number of hydrogen-bond donors (Lipinski definition) is 1. The number of nitrogens with zero attached hydrogens (tertiary/aromatic N) is 1. The normalized spacial score (nSPS) is 18.4. The molecule has 1 saturated heterocycles. The van der Waals surface area contributed by atoms with Crippen LogP contribution in [0, 0.1) is 5.92 Å². The Labute approximate surface area is 181 Å². The molecule has 0 radical (unpaired) electrons. The Morgan fingerprint density at radius 1 is 1.17 bits per heavy atom. The van der Waals surface area contributed by atoms with Gasteiger partial charge in [0.1, 0.15) is 0 Å². The van der Waals surface area contributed by atoms with Crippen LogP contribution in [-0.4, -0.2) is 47.7 Å². The van der Waals surface area contributed by atoms with Crippen LogP contribution in [0.5, 0.6) is 0 Å². The lowest BCUT2D eigenvalue weighted by Gasteiger charge is -2.27. The molecule has 0 aromatic heterocycles. The monoisotopic (exact) mass is 417 g/mol. The number of aryl methyl sites for hydroxylation is 1. The van der Waals surface area contributed by atoms with Crippen LogP contribution in [0.3, 0.4) is 0 Å². The number of aliphatic hydroxyl groups excluding tert-OH is 1. The molecule has 1 aromatic carbocycles. The number of ether oxygens (including phenoxy) is 1. The smallest absolute Gasteiger partial charge is 0.305 e. The van der Waals surface area contributed by atoms with Crippen LogP contribution in [0.2, 0.25) is 0 Å².